The number of nitriles is 1. The maximum absolute atomic E-state index is 12.7. The third-order valence-electron chi connectivity index (χ3n) is 6.65. The van der Waals surface area contributed by atoms with Crippen LogP contribution in [0.1, 0.15) is 40.5 Å². The molecule has 0 N–H and O–H groups in total. The molecule has 5 rings (SSSR count). The van der Waals surface area contributed by atoms with Gasteiger partial charge in [0.05, 0.1) is 30.6 Å². The van der Waals surface area contributed by atoms with Crippen molar-refractivity contribution in [1.82, 2.24) is 24.4 Å². The quantitative estimate of drug-likeness (QED) is 0.498. The summed E-state index contributed by atoms with van der Waals surface area (Å²) in [5, 5.41) is 9.70. The lowest BCUT2D eigenvalue weighted by Crippen LogP contribution is -2.54. The molecule has 10 heteroatoms. The zero-order valence-electron chi connectivity index (χ0n) is 20.4. The number of benzene rings is 1. The molecule has 2 aliphatic rings. The predicted molar refractivity (Wildman–Crippen MR) is 129 cm³/mol. The minimum atomic E-state index is -0.112. The van der Waals surface area contributed by atoms with E-state index in [0.29, 0.717) is 61.4 Å². The van der Waals surface area contributed by atoms with Crippen LogP contribution in [0.25, 0.3) is 11.3 Å². The summed E-state index contributed by atoms with van der Waals surface area (Å²) in [7, 11) is 3.47. The molecule has 0 aliphatic carbocycles. The Balaban J connectivity index is 1.30. The van der Waals surface area contributed by atoms with Crippen molar-refractivity contribution in [1.29, 1.82) is 5.26 Å². The van der Waals surface area contributed by atoms with Gasteiger partial charge in [-0.15, -0.1) is 0 Å². The average molecular weight is 489 g/mol. The largest absolute Gasteiger partial charge is 0.489 e. The van der Waals surface area contributed by atoms with Crippen LogP contribution >= 0.6 is 0 Å². The van der Waals surface area contributed by atoms with Crippen LogP contribution in [0.4, 0.5) is 0 Å². The summed E-state index contributed by atoms with van der Waals surface area (Å²) in [4.78, 5) is 27.9. The molecule has 36 heavy (non-hydrogen) atoms. The number of carbonyl (C=O) groups is 1. The molecule has 0 radical (unpaired) electrons. The predicted octanol–water partition coefficient (Wildman–Crippen LogP) is 2.37. The Hall–Kier alpha value is -3.81. The Morgan fingerprint density at radius 2 is 2.00 bits per heavy atom. The Kier molecular flexibility index (Phi) is 6.93. The number of nitrogens with zero attached hydrogens (tertiary/aromatic N) is 6. The first-order valence-corrected chi connectivity index (χ1v) is 12.0. The highest BCUT2D eigenvalue weighted by Crippen LogP contribution is 2.28. The van der Waals surface area contributed by atoms with Gasteiger partial charge in [-0.2, -0.15) is 5.26 Å². The molecule has 0 spiro atoms. The number of hydrogen-bond donors (Lipinski definition) is 0. The number of aromatic nitrogens is 4. The first kappa shape index (κ1) is 23.9. The smallest absolute Gasteiger partial charge is 0.290 e. The lowest BCUT2D eigenvalue weighted by molar-refractivity contribution is -0.0199. The fourth-order valence-electron chi connectivity index (χ4n) is 4.36. The van der Waals surface area contributed by atoms with E-state index >= 15 is 0 Å². The second kappa shape index (κ2) is 10.4. The number of likely N-dealkylation sites (tertiary alicyclic amines) is 1. The number of ether oxygens (including phenoxy) is 3. The maximum atomic E-state index is 12.7. The highest BCUT2D eigenvalue weighted by atomic mass is 16.5. The summed E-state index contributed by atoms with van der Waals surface area (Å²) in [6, 6.07) is 9.58. The van der Waals surface area contributed by atoms with Crippen molar-refractivity contribution in [2.24, 2.45) is 7.05 Å². The first-order chi connectivity index (χ1) is 17.6. The third kappa shape index (κ3) is 4.94. The van der Waals surface area contributed by atoms with Crippen LogP contribution in [0, 0.1) is 11.3 Å². The summed E-state index contributed by atoms with van der Waals surface area (Å²) in [5.41, 5.74) is 2.81. The molecule has 0 saturated carbocycles. The van der Waals surface area contributed by atoms with Gasteiger partial charge < -0.3 is 23.7 Å². The fraction of sp³-hybridized carbons (Fsp3) is 0.423. The van der Waals surface area contributed by atoms with E-state index in [0.717, 1.165) is 24.1 Å². The zero-order chi connectivity index (χ0) is 25.1. The summed E-state index contributed by atoms with van der Waals surface area (Å²) in [6.07, 6.45) is 5.58. The molecule has 0 atom stereocenters. The van der Waals surface area contributed by atoms with Gasteiger partial charge >= 0.3 is 0 Å². The zero-order valence-corrected chi connectivity index (χ0v) is 20.4. The summed E-state index contributed by atoms with van der Waals surface area (Å²) < 4.78 is 18.5. The number of amides is 1. The van der Waals surface area contributed by atoms with E-state index in [1.54, 1.807) is 35.0 Å². The molecule has 10 nitrogen and oxygen atoms in total. The number of carbonyl (C=O) groups excluding carboxylic acids is 1. The maximum Gasteiger partial charge on any atom is 0.290 e. The van der Waals surface area contributed by atoms with Crippen LogP contribution in [-0.2, 0) is 22.9 Å². The Labute approximate surface area is 209 Å². The number of rotatable bonds is 7. The Morgan fingerprint density at radius 3 is 2.75 bits per heavy atom. The second-order valence-corrected chi connectivity index (χ2v) is 8.99. The van der Waals surface area contributed by atoms with Crippen LogP contribution in [-0.4, -0.2) is 75.9 Å². The van der Waals surface area contributed by atoms with Crippen molar-refractivity contribution in [3.8, 4) is 23.1 Å². The van der Waals surface area contributed by atoms with Gasteiger partial charge in [0.25, 0.3) is 5.91 Å². The minimum absolute atomic E-state index is 0.0560. The van der Waals surface area contributed by atoms with Crippen LogP contribution in [0.5, 0.6) is 5.75 Å². The number of methoxy groups -OCH3 is 1. The topological polar surface area (TPSA) is 115 Å². The average Bonchev–Trinajstić information content (AvgIpc) is 3.24. The molecular formula is C26H28N6O4. The molecule has 3 aromatic rings. The Morgan fingerprint density at radius 1 is 1.19 bits per heavy atom. The van der Waals surface area contributed by atoms with Crippen molar-refractivity contribution in [3.05, 3.63) is 59.6 Å². The second-order valence-electron chi connectivity index (χ2n) is 8.99. The molecule has 2 aromatic heterocycles. The summed E-state index contributed by atoms with van der Waals surface area (Å²) in [5.74, 6) is 1.45. The third-order valence-corrected chi connectivity index (χ3v) is 6.65. The van der Waals surface area contributed by atoms with Crippen molar-refractivity contribution in [2.45, 2.75) is 31.5 Å². The molecular weight excluding hydrogens is 460 g/mol. The van der Waals surface area contributed by atoms with E-state index in [4.69, 9.17) is 19.2 Å². The lowest BCUT2D eigenvalue weighted by Gasteiger charge is -2.37. The van der Waals surface area contributed by atoms with Crippen LogP contribution in [0.15, 0.2) is 36.7 Å². The van der Waals surface area contributed by atoms with E-state index < -0.39 is 0 Å². The number of hydrogen-bond acceptors (Lipinski definition) is 8. The van der Waals surface area contributed by atoms with Crippen molar-refractivity contribution < 1.29 is 19.0 Å². The molecule has 1 aromatic carbocycles. The highest BCUT2D eigenvalue weighted by molar-refractivity contribution is 5.91. The van der Waals surface area contributed by atoms with Crippen molar-refractivity contribution in [2.75, 3.05) is 33.4 Å². The van der Waals surface area contributed by atoms with Crippen LogP contribution in [0.2, 0.25) is 0 Å². The molecule has 4 heterocycles. The summed E-state index contributed by atoms with van der Waals surface area (Å²) in [6.45, 7) is 2.50. The van der Waals surface area contributed by atoms with Gasteiger partial charge in [-0.3, -0.25) is 4.79 Å². The minimum Gasteiger partial charge on any atom is -0.489 e. The standard InChI is InChI=1S/C26H28N6O4/c1-31-19(14-29-25(31)26(33)32-15-21(16-32)34-2)12-24-28-8-5-22(30-24)17-3-4-23(18(11-17)13-27)36-20-6-9-35-10-7-20/h3-5,8,11,14,20-21H,6-7,9-10,12,15-16H2,1-2H3. The fourth-order valence-corrected chi connectivity index (χ4v) is 4.36. The van der Waals surface area contributed by atoms with E-state index in [1.807, 2.05) is 25.2 Å². The van der Waals surface area contributed by atoms with Gasteiger partial charge in [0.2, 0.25) is 0 Å². The van der Waals surface area contributed by atoms with Gasteiger partial charge in [0.1, 0.15) is 23.7 Å². The van der Waals surface area contributed by atoms with E-state index in [1.165, 1.54) is 0 Å². The van der Waals surface area contributed by atoms with Gasteiger partial charge in [-0.1, -0.05) is 0 Å². The highest BCUT2D eigenvalue weighted by Gasteiger charge is 2.33. The molecule has 0 unspecified atom stereocenters. The van der Waals surface area contributed by atoms with Gasteiger partial charge in [-0.25, -0.2) is 15.0 Å². The molecule has 2 aliphatic heterocycles. The SMILES string of the molecule is COC1CN(C(=O)c2ncc(Cc3nccc(-c4ccc(OC5CCOCC5)c(C#N)c4)n3)n2C)C1. The monoisotopic (exact) mass is 488 g/mol. The van der Waals surface area contributed by atoms with Gasteiger partial charge in [0.15, 0.2) is 5.82 Å². The summed E-state index contributed by atoms with van der Waals surface area (Å²) >= 11 is 0. The van der Waals surface area contributed by atoms with E-state index in [-0.39, 0.29) is 18.1 Å². The number of imidazole rings is 1. The van der Waals surface area contributed by atoms with Gasteiger partial charge in [-0.05, 0) is 24.3 Å². The molecule has 2 saturated heterocycles. The lowest BCUT2D eigenvalue weighted by atomic mass is 10.1. The molecule has 2 fully saturated rings. The van der Waals surface area contributed by atoms with Crippen molar-refractivity contribution >= 4 is 5.91 Å². The van der Waals surface area contributed by atoms with Crippen LogP contribution in [0.3, 0.4) is 0 Å². The normalized spacial score (nSPS) is 16.4. The van der Waals surface area contributed by atoms with Crippen molar-refractivity contribution in [3.63, 3.8) is 0 Å². The molecule has 0 bridgehead atoms. The van der Waals surface area contributed by atoms with E-state index in [9.17, 15) is 10.1 Å². The van der Waals surface area contributed by atoms with Gasteiger partial charge in [0, 0.05) is 70.2 Å². The molecule has 186 valence electrons. The van der Waals surface area contributed by atoms with Crippen LogP contribution < -0.4 is 4.74 Å². The first-order valence-electron chi connectivity index (χ1n) is 12.0. The van der Waals surface area contributed by atoms with E-state index in [2.05, 4.69) is 16.0 Å². The molecule has 1 amide bonds. The Bertz CT molecular complexity index is 1290.